The first-order chi connectivity index (χ1) is 25.7. The van der Waals surface area contributed by atoms with Gasteiger partial charge in [0, 0.05) is 50.8 Å². The van der Waals surface area contributed by atoms with Gasteiger partial charge in [-0.2, -0.15) is 0 Å². The normalized spacial score (nSPS) is 21.2. The number of unbranched alkanes of at least 4 members (excludes halogenated alkanes) is 18. The summed E-state index contributed by atoms with van der Waals surface area (Å²) in [5.41, 5.74) is 1.22. The van der Waals surface area contributed by atoms with Gasteiger partial charge in [0.25, 0.3) is 0 Å². The summed E-state index contributed by atoms with van der Waals surface area (Å²) in [4.78, 5) is 10.0. The van der Waals surface area contributed by atoms with Crippen LogP contribution in [0.3, 0.4) is 0 Å². The molecule has 3 rings (SSSR count). The van der Waals surface area contributed by atoms with Gasteiger partial charge >= 0.3 is 0 Å². The Bertz CT molecular complexity index is 1010. The molecule has 2 aliphatic heterocycles. The molecule has 0 spiro atoms. The third-order valence-corrected chi connectivity index (χ3v) is 11.1. The number of hydrogen-bond acceptors (Lipinski definition) is 4. The Morgan fingerprint density at radius 2 is 1.12 bits per heavy atom. The van der Waals surface area contributed by atoms with Crippen molar-refractivity contribution in [3.63, 3.8) is 0 Å². The van der Waals surface area contributed by atoms with Gasteiger partial charge in [0.1, 0.15) is 0 Å². The summed E-state index contributed by atoms with van der Waals surface area (Å²) in [7, 11) is 0. The molecule has 296 valence electrons. The molecule has 52 heavy (non-hydrogen) atoms. The fourth-order valence-electron chi connectivity index (χ4n) is 7.82. The van der Waals surface area contributed by atoms with Crippen LogP contribution in [-0.4, -0.2) is 52.5 Å². The first-order valence-corrected chi connectivity index (χ1v) is 22.4. The van der Waals surface area contributed by atoms with Crippen LogP contribution in [0, 0.1) is 0 Å². The van der Waals surface area contributed by atoms with Gasteiger partial charge in [-0.25, -0.2) is 4.98 Å². The zero-order valence-corrected chi connectivity index (χ0v) is 34.1. The predicted molar refractivity (Wildman–Crippen MR) is 224 cm³/mol. The Morgan fingerprint density at radius 3 is 1.62 bits per heavy atom. The molecule has 0 amide bonds. The Hall–Kier alpha value is -1.95. The first kappa shape index (κ1) is 44.4. The average Bonchev–Trinajstić information content (AvgIpc) is 3.81. The molecule has 2 atom stereocenters. The number of rotatable bonds is 33. The molecule has 0 aromatic carbocycles. The molecule has 0 saturated carbocycles. The summed E-state index contributed by atoms with van der Waals surface area (Å²) in [6.07, 6.45) is 58.1. The van der Waals surface area contributed by atoms with Gasteiger partial charge in [-0.05, 0) is 83.5 Å². The fraction of sp³-hybridized carbons (Fsp3) is 0.766. The van der Waals surface area contributed by atoms with Gasteiger partial charge < -0.3 is 19.4 Å². The second-order valence-corrected chi connectivity index (χ2v) is 15.8. The van der Waals surface area contributed by atoms with E-state index in [4.69, 9.17) is 9.47 Å². The van der Waals surface area contributed by atoms with E-state index in [1.165, 1.54) is 147 Å². The van der Waals surface area contributed by atoms with E-state index in [1.54, 1.807) is 6.33 Å². The van der Waals surface area contributed by atoms with Crippen LogP contribution in [0.2, 0.25) is 0 Å². The van der Waals surface area contributed by atoms with Crippen LogP contribution in [0.5, 0.6) is 0 Å². The summed E-state index contributed by atoms with van der Waals surface area (Å²) in [6, 6.07) is 0. The first-order valence-electron chi connectivity index (χ1n) is 22.4. The van der Waals surface area contributed by atoms with Crippen molar-refractivity contribution in [1.82, 2.24) is 14.9 Å². The molecular formula is C47H81N3O2. The molecule has 1 aromatic rings. The number of piperidine rings is 1. The second kappa shape index (κ2) is 30.4. The summed E-state index contributed by atoms with van der Waals surface area (Å²) < 4.78 is 13.9. The lowest BCUT2D eigenvalue weighted by Gasteiger charge is -2.32. The molecule has 2 saturated heterocycles. The Morgan fingerprint density at radius 1 is 0.635 bits per heavy atom. The van der Waals surface area contributed by atoms with E-state index in [2.05, 4.69) is 77.3 Å². The van der Waals surface area contributed by atoms with Crippen LogP contribution in [0.25, 0.3) is 0 Å². The van der Waals surface area contributed by atoms with Crippen LogP contribution in [0.4, 0.5) is 0 Å². The monoisotopic (exact) mass is 720 g/mol. The zero-order valence-electron chi connectivity index (χ0n) is 34.1. The summed E-state index contributed by atoms with van der Waals surface area (Å²) >= 11 is 0. The predicted octanol–water partition coefficient (Wildman–Crippen LogP) is 13.5. The standard InChI is InChI=1S/C47H81N3O2/c1-3-5-7-9-11-13-15-17-19-21-23-25-27-29-31-33-37-47(38-34-32-30-28-26-24-22-20-18-16-14-12-10-8-6-4-2)51-45-36-40-50(42-46(45)52-47)39-35-44-41-48-43-49-44/h11-14,17-20,41,43,45-46H,3-10,15-16,21-40,42H2,1-2H3,(H,48,49). The number of nitrogens with one attached hydrogen (secondary N) is 1. The molecule has 3 heterocycles. The van der Waals surface area contributed by atoms with Crippen LogP contribution in [0.1, 0.15) is 193 Å². The summed E-state index contributed by atoms with van der Waals surface area (Å²) in [6.45, 7) is 7.69. The number of ether oxygens (including phenoxy) is 2. The van der Waals surface area contributed by atoms with E-state index >= 15 is 0 Å². The summed E-state index contributed by atoms with van der Waals surface area (Å²) in [5.74, 6) is -0.362. The molecule has 0 aliphatic carbocycles. The lowest BCUT2D eigenvalue weighted by Crippen LogP contribution is -2.45. The van der Waals surface area contributed by atoms with Gasteiger partial charge in [-0.15, -0.1) is 0 Å². The Kier molecular flexibility index (Phi) is 26.0. The van der Waals surface area contributed by atoms with Crippen LogP contribution in [0.15, 0.2) is 61.1 Å². The lowest BCUT2D eigenvalue weighted by atomic mass is 9.98. The lowest BCUT2D eigenvalue weighted by molar-refractivity contribution is -0.185. The number of likely N-dealkylation sites (tertiary alicyclic amines) is 1. The number of aromatic nitrogens is 2. The SMILES string of the molecule is CCCCCC=CCC=CCCCCCCCCC1(CCCCCCCCC=CCC=CCCCCC)OC2CCN(CCc3cnc[nH]3)CC2O1. The van der Waals surface area contributed by atoms with Crippen molar-refractivity contribution in [3.05, 3.63) is 66.8 Å². The van der Waals surface area contributed by atoms with Crippen molar-refractivity contribution in [1.29, 1.82) is 0 Å². The molecule has 1 aromatic heterocycles. The van der Waals surface area contributed by atoms with Gasteiger partial charge in [-0.3, -0.25) is 0 Å². The number of H-pyrrole nitrogens is 1. The molecule has 1 N–H and O–H groups in total. The van der Waals surface area contributed by atoms with Crippen LogP contribution in [-0.2, 0) is 15.9 Å². The largest absolute Gasteiger partial charge is 0.348 e. The molecule has 5 heteroatoms. The van der Waals surface area contributed by atoms with Crippen LogP contribution < -0.4 is 0 Å². The smallest absolute Gasteiger partial charge is 0.169 e. The Balaban J connectivity index is 1.29. The molecule has 0 bridgehead atoms. The van der Waals surface area contributed by atoms with Crippen molar-refractivity contribution < 1.29 is 9.47 Å². The topological polar surface area (TPSA) is 50.4 Å². The van der Waals surface area contributed by atoms with Gasteiger partial charge in [-0.1, -0.05) is 140 Å². The number of hydrogen-bond donors (Lipinski definition) is 1. The average molecular weight is 720 g/mol. The molecular weight excluding hydrogens is 639 g/mol. The minimum Gasteiger partial charge on any atom is -0.348 e. The molecule has 2 aliphatic rings. The molecule has 5 nitrogen and oxygen atoms in total. The highest BCUT2D eigenvalue weighted by Crippen LogP contribution is 2.40. The minimum atomic E-state index is -0.362. The van der Waals surface area contributed by atoms with Gasteiger partial charge in [0.05, 0.1) is 18.5 Å². The maximum Gasteiger partial charge on any atom is 0.169 e. The van der Waals surface area contributed by atoms with Crippen molar-refractivity contribution in [3.8, 4) is 0 Å². The highest BCUT2D eigenvalue weighted by molar-refractivity contribution is 4.97. The van der Waals surface area contributed by atoms with E-state index in [0.29, 0.717) is 0 Å². The third kappa shape index (κ3) is 21.1. The number of allylic oxidation sites excluding steroid dienone is 8. The number of nitrogens with zero attached hydrogens (tertiary/aromatic N) is 2. The second-order valence-electron chi connectivity index (χ2n) is 15.8. The third-order valence-electron chi connectivity index (χ3n) is 11.1. The van der Waals surface area contributed by atoms with E-state index in [0.717, 1.165) is 58.2 Å². The Labute approximate surface area is 321 Å². The molecule has 2 unspecified atom stereocenters. The van der Waals surface area contributed by atoms with Crippen molar-refractivity contribution in [2.45, 2.75) is 212 Å². The van der Waals surface area contributed by atoms with Gasteiger partial charge in [0.2, 0.25) is 0 Å². The molecule has 2 fully saturated rings. The maximum atomic E-state index is 6.96. The van der Waals surface area contributed by atoms with E-state index in [1.807, 2.05) is 6.20 Å². The van der Waals surface area contributed by atoms with Gasteiger partial charge in [0.15, 0.2) is 5.79 Å². The van der Waals surface area contributed by atoms with Crippen molar-refractivity contribution in [2.24, 2.45) is 0 Å². The zero-order chi connectivity index (χ0) is 36.6. The highest BCUT2D eigenvalue weighted by Gasteiger charge is 2.48. The van der Waals surface area contributed by atoms with E-state index in [9.17, 15) is 0 Å². The van der Waals surface area contributed by atoms with E-state index < -0.39 is 0 Å². The minimum absolute atomic E-state index is 0.213. The number of aromatic amines is 1. The number of fused-ring (bicyclic) bond motifs is 1. The van der Waals surface area contributed by atoms with Crippen molar-refractivity contribution in [2.75, 3.05) is 19.6 Å². The fourth-order valence-corrected chi connectivity index (χ4v) is 7.82. The van der Waals surface area contributed by atoms with Crippen LogP contribution >= 0.6 is 0 Å². The quantitative estimate of drug-likeness (QED) is 0.0580. The highest BCUT2D eigenvalue weighted by atomic mass is 16.8. The number of imidazole rings is 1. The maximum absolute atomic E-state index is 6.96. The summed E-state index contributed by atoms with van der Waals surface area (Å²) in [5, 5.41) is 0. The molecule has 0 radical (unpaired) electrons. The van der Waals surface area contributed by atoms with E-state index in [-0.39, 0.29) is 18.0 Å². The van der Waals surface area contributed by atoms with Crippen molar-refractivity contribution >= 4 is 0 Å².